The predicted molar refractivity (Wildman–Crippen MR) is 121 cm³/mol. The van der Waals surface area contributed by atoms with E-state index in [0.717, 1.165) is 24.9 Å². The minimum atomic E-state index is -0.837. The molecule has 3 rings (SSSR count). The number of aliphatic hydroxyl groups is 1. The van der Waals surface area contributed by atoms with E-state index in [1.165, 1.54) is 18.4 Å². The Hall–Kier alpha value is -2.08. The predicted octanol–water partition coefficient (Wildman–Crippen LogP) is 5.76. The summed E-state index contributed by atoms with van der Waals surface area (Å²) in [4.78, 5) is 2.40. The molecular formula is C27H35NO. The van der Waals surface area contributed by atoms with Gasteiger partial charge in [-0.3, -0.25) is 4.90 Å². The minimum absolute atomic E-state index is 0.0334. The lowest BCUT2D eigenvalue weighted by Crippen LogP contribution is -2.41. The summed E-state index contributed by atoms with van der Waals surface area (Å²) in [6.07, 6.45) is 5.11. The first kappa shape index (κ1) is 21.6. The molecule has 0 unspecified atom stereocenters. The first-order valence-electron chi connectivity index (χ1n) is 10.9. The topological polar surface area (TPSA) is 23.5 Å². The van der Waals surface area contributed by atoms with Gasteiger partial charge in [-0.05, 0) is 50.7 Å². The molecule has 1 atom stereocenters. The lowest BCUT2D eigenvalue weighted by atomic mass is 9.78. The first-order valence-corrected chi connectivity index (χ1v) is 10.9. The van der Waals surface area contributed by atoms with Gasteiger partial charge >= 0.3 is 0 Å². The Morgan fingerprint density at radius 1 is 0.897 bits per heavy atom. The summed E-state index contributed by atoms with van der Waals surface area (Å²) in [5.74, 6) is 7.03. The van der Waals surface area contributed by atoms with Gasteiger partial charge in [-0.25, -0.2) is 0 Å². The van der Waals surface area contributed by atoms with Crippen LogP contribution in [0.1, 0.15) is 64.0 Å². The molecule has 0 bridgehead atoms. The second-order valence-corrected chi connectivity index (χ2v) is 9.31. The van der Waals surface area contributed by atoms with E-state index < -0.39 is 5.60 Å². The van der Waals surface area contributed by atoms with Gasteiger partial charge in [-0.2, -0.15) is 0 Å². The van der Waals surface area contributed by atoms with Gasteiger partial charge in [0, 0.05) is 18.5 Å². The number of benzene rings is 2. The van der Waals surface area contributed by atoms with Crippen molar-refractivity contribution in [1.29, 1.82) is 0 Å². The first-order chi connectivity index (χ1) is 13.9. The number of hydrogen-bond acceptors (Lipinski definition) is 2. The molecule has 0 spiro atoms. The van der Waals surface area contributed by atoms with Crippen molar-refractivity contribution in [1.82, 2.24) is 4.90 Å². The van der Waals surface area contributed by atoms with Crippen LogP contribution in [0.15, 0.2) is 60.7 Å². The van der Waals surface area contributed by atoms with Crippen molar-refractivity contribution in [2.45, 2.75) is 70.6 Å². The summed E-state index contributed by atoms with van der Waals surface area (Å²) in [6.45, 7) is 8.28. The van der Waals surface area contributed by atoms with Crippen LogP contribution in [0.3, 0.4) is 0 Å². The molecule has 0 saturated heterocycles. The zero-order valence-electron chi connectivity index (χ0n) is 18.2. The van der Waals surface area contributed by atoms with Gasteiger partial charge < -0.3 is 5.11 Å². The average Bonchev–Trinajstić information content (AvgIpc) is 3.26. The van der Waals surface area contributed by atoms with Gasteiger partial charge in [-0.1, -0.05) is 85.3 Å². The van der Waals surface area contributed by atoms with Gasteiger partial charge in [0.05, 0.1) is 6.54 Å². The number of hydrogen-bond donors (Lipinski definition) is 1. The monoisotopic (exact) mass is 389 g/mol. The second-order valence-electron chi connectivity index (χ2n) is 9.31. The third-order valence-corrected chi connectivity index (χ3v) is 6.22. The standard InChI is InChI=1S/C27H35NO/c1-26(2,3)28(22-23-14-6-4-7-15-23)21-13-12-20-27(29,25-18-10-11-19-25)24-16-8-5-9-17-24/h4-9,14-17,25,29H,10-11,18-22H2,1-3H3/t27-/m1/s1. The van der Waals surface area contributed by atoms with E-state index in [1.54, 1.807) is 0 Å². The van der Waals surface area contributed by atoms with E-state index >= 15 is 0 Å². The van der Waals surface area contributed by atoms with Gasteiger partial charge in [0.25, 0.3) is 0 Å². The molecular weight excluding hydrogens is 354 g/mol. The van der Waals surface area contributed by atoms with Crippen LogP contribution in [0.2, 0.25) is 0 Å². The van der Waals surface area contributed by atoms with Crippen LogP contribution >= 0.6 is 0 Å². The van der Waals surface area contributed by atoms with E-state index in [1.807, 2.05) is 18.2 Å². The molecule has 2 nitrogen and oxygen atoms in total. The highest BCUT2D eigenvalue weighted by Gasteiger charge is 2.39. The summed E-state index contributed by atoms with van der Waals surface area (Å²) in [7, 11) is 0. The summed E-state index contributed by atoms with van der Waals surface area (Å²) in [5.41, 5.74) is 1.51. The molecule has 0 aromatic heterocycles. The Bertz CT molecular complexity index is 806. The maximum absolute atomic E-state index is 11.6. The number of rotatable bonds is 6. The average molecular weight is 390 g/mol. The summed E-state index contributed by atoms with van der Waals surface area (Å²) >= 11 is 0. The Balaban J connectivity index is 1.72. The van der Waals surface area contributed by atoms with Gasteiger partial charge in [-0.15, -0.1) is 0 Å². The molecule has 2 aromatic carbocycles. The third kappa shape index (κ3) is 5.72. The summed E-state index contributed by atoms with van der Waals surface area (Å²) in [6, 6.07) is 20.7. The third-order valence-electron chi connectivity index (χ3n) is 6.22. The van der Waals surface area contributed by atoms with Crippen molar-refractivity contribution in [3.05, 3.63) is 71.8 Å². The van der Waals surface area contributed by atoms with E-state index in [0.29, 0.717) is 18.9 Å². The molecule has 1 N–H and O–H groups in total. The van der Waals surface area contributed by atoms with E-state index in [2.05, 4.69) is 80.0 Å². The highest BCUT2D eigenvalue weighted by atomic mass is 16.3. The van der Waals surface area contributed by atoms with Crippen LogP contribution in [0, 0.1) is 17.8 Å². The van der Waals surface area contributed by atoms with E-state index in [9.17, 15) is 5.11 Å². The second kappa shape index (κ2) is 9.61. The quantitative estimate of drug-likeness (QED) is 0.635. The molecule has 1 saturated carbocycles. The fourth-order valence-corrected chi connectivity index (χ4v) is 4.29. The largest absolute Gasteiger partial charge is 0.384 e. The minimum Gasteiger partial charge on any atom is -0.384 e. The Kier molecular flexibility index (Phi) is 7.17. The molecule has 0 heterocycles. The van der Waals surface area contributed by atoms with Gasteiger partial charge in [0.1, 0.15) is 5.60 Å². The van der Waals surface area contributed by atoms with Crippen molar-refractivity contribution < 1.29 is 5.11 Å². The fourth-order valence-electron chi connectivity index (χ4n) is 4.29. The molecule has 2 aromatic rings. The summed E-state index contributed by atoms with van der Waals surface area (Å²) in [5, 5.41) is 11.6. The smallest absolute Gasteiger partial charge is 0.103 e. The Labute approximate surface area is 177 Å². The maximum atomic E-state index is 11.6. The van der Waals surface area contributed by atoms with Crippen molar-refractivity contribution >= 4 is 0 Å². The lowest BCUT2D eigenvalue weighted by Gasteiger charge is -2.34. The maximum Gasteiger partial charge on any atom is 0.103 e. The molecule has 29 heavy (non-hydrogen) atoms. The normalized spacial score (nSPS) is 17.0. The highest BCUT2D eigenvalue weighted by Crippen LogP contribution is 2.42. The van der Waals surface area contributed by atoms with Crippen LogP contribution in [0.4, 0.5) is 0 Å². The van der Waals surface area contributed by atoms with Crippen LogP contribution in [-0.2, 0) is 12.1 Å². The van der Waals surface area contributed by atoms with Crippen LogP contribution in [-0.4, -0.2) is 22.1 Å². The van der Waals surface area contributed by atoms with E-state index in [4.69, 9.17) is 0 Å². The van der Waals surface area contributed by atoms with Crippen LogP contribution in [0.25, 0.3) is 0 Å². The molecule has 1 aliphatic rings. The Morgan fingerprint density at radius 2 is 1.48 bits per heavy atom. The number of nitrogens with zero attached hydrogens (tertiary/aromatic N) is 1. The van der Waals surface area contributed by atoms with Crippen molar-refractivity contribution in [3.63, 3.8) is 0 Å². The van der Waals surface area contributed by atoms with Crippen LogP contribution < -0.4 is 0 Å². The molecule has 154 valence electrons. The molecule has 0 aliphatic heterocycles. The fraction of sp³-hybridized carbons (Fsp3) is 0.481. The molecule has 0 amide bonds. The zero-order valence-corrected chi connectivity index (χ0v) is 18.2. The van der Waals surface area contributed by atoms with Crippen molar-refractivity contribution in [3.8, 4) is 11.8 Å². The highest BCUT2D eigenvalue weighted by molar-refractivity contribution is 5.26. The molecule has 1 fully saturated rings. The van der Waals surface area contributed by atoms with E-state index in [-0.39, 0.29) is 5.54 Å². The van der Waals surface area contributed by atoms with Crippen LogP contribution in [0.5, 0.6) is 0 Å². The molecule has 1 aliphatic carbocycles. The summed E-state index contributed by atoms with van der Waals surface area (Å²) < 4.78 is 0. The van der Waals surface area contributed by atoms with Crippen molar-refractivity contribution in [2.75, 3.05) is 6.54 Å². The Morgan fingerprint density at radius 3 is 2.07 bits per heavy atom. The lowest BCUT2D eigenvalue weighted by molar-refractivity contribution is -0.0173. The van der Waals surface area contributed by atoms with Gasteiger partial charge in [0.15, 0.2) is 0 Å². The zero-order chi connectivity index (χ0) is 20.7. The van der Waals surface area contributed by atoms with Gasteiger partial charge in [0.2, 0.25) is 0 Å². The SMILES string of the molecule is CC(C)(C)N(CC#CC[C@@](O)(c1ccccc1)C1CCCC1)Cc1ccccc1. The molecule has 0 radical (unpaired) electrons. The van der Waals surface area contributed by atoms with Crippen molar-refractivity contribution in [2.24, 2.45) is 5.92 Å². The molecule has 2 heteroatoms.